The lowest BCUT2D eigenvalue weighted by Crippen LogP contribution is -2.36. The van der Waals surface area contributed by atoms with Crippen LogP contribution < -0.4 is 5.32 Å². The lowest BCUT2D eigenvalue weighted by Gasteiger charge is -2.16. The van der Waals surface area contributed by atoms with Crippen LogP contribution >= 0.6 is 11.5 Å². The molecule has 9 nitrogen and oxygen atoms in total. The third-order valence-corrected chi connectivity index (χ3v) is 3.51. The van der Waals surface area contributed by atoms with Crippen molar-refractivity contribution in [1.29, 1.82) is 0 Å². The Morgan fingerprint density at radius 2 is 2.16 bits per heavy atom. The van der Waals surface area contributed by atoms with Gasteiger partial charge in [-0.05, 0) is 0 Å². The van der Waals surface area contributed by atoms with Crippen LogP contribution in [0.25, 0.3) is 10.3 Å². The largest absolute Gasteiger partial charge is 0.394 e. The first-order valence-corrected chi connectivity index (χ1v) is 6.30. The van der Waals surface area contributed by atoms with Gasteiger partial charge in [0.05, 0.1) is 6.61 Å². The Kier molecular flexibility index (Phi) is 3.24. The van der Waals surface area contributed by atoms with Crippen LogP contribution in [0.1, 0.15) is 0 Å². The second kappa shape index (κ2) is 4.90. The van der Waals surface area contributed by atoms with Gasteiger partial charge in [-0.3, -0.25) is 0 Å². The van der Waals surface area contributed by atoms with Crippen LogP contribution in [-0.2, 0) is 4.74 Å². The number of ether oxygens (including phenoxy) is 1. The van der Waals surface area contributed by atoms with Gasteiger partial charge in [0.25, 0.3) is 0 Å². The number of hydrogen-bond acceptors (Lipinski definition) is 10. The molecule has 0 spiro atoms. The number of nitrogens with one attached hydrogen (secondary N) is 1. The van der Waals surface area contributed by atoms with Crippen LogP contribution in [0, 0.1) is 0 Å². The standard InChI is InChI=1S/C9H11N5O4S/c15-1-3-5(16)6(17)8(18-3)12-7-4-9(11-2-10-7)19-14-13-4/h2-3,5-6,8,15-17H,1H2,(H,10,11,12)/t3-,5-,6-,8-/m1/s1. The van der Waals surface area contributed by atoms with E-state index in [1.807, 2.05) is 0 Å². The number of aliphatic hydroxyl groups is 3. The summed E-state index contributed by atoms with van der Waals surface area (Å²) in [6, 6.07) is 0. The predicted octanol–water partition coefficient (Wildman–Crippen LogP) is -1.67. The summed E-state index contributed by atoms with van der Waals surface area (Å²) in [5.74, 6) is 0.355. The lowest BCUT2D eigenvalue weighted by atomic mass is 10.1. The van der Waals surface area contributed by atoms with Crippen LogP contribution in [0.5, 0.6) is 0 Å². The molecule has 1 aliphatic heterocycles. The molecule has 0 saturated carbocycles. The SMILES string of the molecule is OC[C@H]1O[C@@H](Nc2ncnc3snnc23)[C@H](O)[C@@H]1O. The van der Waals surface area contributed by atoms with Crippen molar-refractivity contribution in [3.8, 4) is 0 Å². The molecule has 1 saturated heterocycles. The molecule has 3 heterocycles. The lowest BCUT2D eigenvalue weighted by molar-refractivity contribution is -0.0153. The van der Waals surface area contributed by atoms with Gasteiger partial charge in [-0.2, -0.15) is 0 Å². The summed E-state index contributed by atoms with van der Waals surface area (Å²) in [6.45, 7) is -0.381. The molecule has 0 bridgehead atoms. The molecule has 0 aliphatic carbocycles. The predicted molar refractivity (Wildman–Crippen MR) is 64.4 cm³/mol. The molecule has 0 amide bonds. The average molecular weight is 285 g/mol. The quantitative estimate of drug-likeness (QED) is 0.522. The fourth-order valence-corrected chi connectivity index (χ4v) is 2.40. The van der Waals surface area contributed by atoms with E-state index >= 15 is 0 Å². The molecule has 1 fully saturated rings. The summed E-state index contributed by atoms with van der Waals surface area (Å²) in [5, 5.41) is 35.2. The van der Waals surface area contributed by atoms with E-state index in [2.05, 4.69) is 24.9 Å². The maximum atomic E-state index is 9.82. The Morgan fingerprint density at radius 1 is 1.32 bits per heavy atom. The number of anilines is 1. The van der Waals surface area contributed by atoms with Gasteiger partial charge in [0.1, 0.15) is 24.6 Å². The molecular formula is C9H11N5O4S. The molecular weight excluding hydrogens is 274 g/mol. The maximum absolute atomic E-state index is 9.82. The summed E-state index contributed by atoms with van der Waals surface area (Å²) in [6.07, 6.45) is -2.71. The van der Waals surface area contributed by atoms with Crippen molar-refractivity contribution >= 4 is 27.7 Å². The van der Waals surface area contributed by atoms with Gasteiger partial charge < -0.3 is 25.4 Å². The number of hydrogen-bond donors (Lipinski definition) is 4. The summed E-state index contributed by atoms with van der Waals surface area (Å²) in [7, 11) is 0. The van der Waals surface area contributed by atoms with Crippen LogP contribution in [0.2, 0.25) is 0 Å². The summed E-state index contributed by atoms with van der Waals surface area (Å²) >= 11 is 1.12. The summed E-state index contributed by atoms with van der Waals surface area (Å²) < 4.78 is 9.06. The van der Waals surface area contributed by atoms with Crippen molar-refractivity contribution in [3.05, 3.63) is 6.33 Å². The zero-order chi connectivity index (χ0) is 13.4. The van der Waals surface area contributed by atoms with Gasteiger partial charge in [-0.1, -0.05) is 4.49 Å². The van der Waals surface area contributed by atoms with Crippen LogP contribution in [-0.4, -0.2) is 66.0 Å². The van der Waals surface area contributed by atoms with Gasteiger partial charge in [0, 0.05) is 11.5 Å². The summed E-state index contributed by atoms with van der Waals surface area (Å²) in [5.41, 5.74) is 0.463. The van der Waals surface area contributed by atoms with E-state index < -0.39 is 24.5 Å². The maximum Gasteiger partial charge on any atom is 0.169 e. The van der Waals surface area contributed by atoms with Crippen LogP contribution in [0.4, 0.5) is 5.82 Å². The molecule has 0 aromatic carbocycles. The monoisotopic (exact) mass is 285 g/mol. The minimum absolute atomic E-state index is 0.355. The van der Waals surface area contributed by atoms with Gasteiger partial charge in [-0.25, -0.2) is 9.97 Å². The first kappa shape index (κ1) is 12.6. The highest BCUT2D eigenvalue weighted by Crippen LogP contribution is 2.25. The van der Waals surface area contributed by atoms with Crippen molar-refractivity contribution in [1.82, 2.24) is 19.6 Å². The Hall–Kier alpha value is -1.46. The minimum Gasteiger partial charge on any atom is -0.394 e. The molecule has 0 radical (unpaired) electrons. The molecule has 102 valence electrons. The molecule has 4 atom stereocenters. The van der Waals surface area contributed by atoms with Crippen molar-refractivity contribution in [2.45, 2.75) is 24.5 Å². The topological polar surface area (TPSA) is 134 Å². The van der Waals surface area contributed by atoms with Gasteiger partial charge in [0.2, 0.25) is 0 Å². The Bertz CT molecular complexity index is 580. The van der Waals surface area contributed by atoms with Crippen LogP contribution in [0.3, 0.4) is 0 Å². The van der Waals surface area contributed by atoms with Crippen molar-refractivity contribution in [3.63, 3.8) is 0 Å². The Morgan fingerprint density at radius 3 is 2.89 bits per heavy atom. The zero-order valence-corrected chi connectivity index (χ0v) is 10.4. The highest BCUT2D eigenvalue weighted by molar-refractivity contribution is 7.12. The van der Waals surface area contributed by atoms with Crippen molar-refractivity contribution in [2.75, 3.05) is 11.9 Å². The molecule has 19 heavy (non-hydrogen) atoms. The highest BCUT2D eigenvalue weighted by Gasteiger charge is 2.42. The third kappa shape index (κ3) is 2.13. The number of aliphatic hydroxyl groups excluding tert-OH is 3. The van der Waals surface area contributed by atoms with Crippen molar-refractivity contribution in [2.24, 2.45) is 0 Å². The molecule has 3 rings (SSSR count). The molecule has 10 heteroatoms. The Balaban J connectivity index is 1.84. The second-order valence-corrected chi connectivity index (χ2v) is 4.78. The van der Waals surface area contributed by atoms with E-state index in [0.717, 1.165) is 11.5 Å². The zero-order valence-electron chi connectivity index (χ0n) is 9.54. The van der Waals surface area contributed by atoms with E-state index in [1.54, 1.807) is 0 Å². The van der Waals surface area contributed by atoms with E-state index in [0.29, 0.717) is 16.2 Å². The fraction of sp³-hybridized carbons (Fsp3) is 0.556. The Labute approximate surface area is 111 Å². The number of nitrogens with zero attached hydrogens (tertiary/aromatic N) is 4. The highest BCUT2D eigenvalue weighted by atomic mass is 32.1. The first-order valence-electron chi connectivity index (χ1n) is 5.52. The van der Waals surface area contributed by atoms with E-state index in [9.17, 15) is 10.2 Å². The normalized spacial score (nSPS) is 30.9. The minimum atomic E-state index is -1.17. The smallest absolute Gasteiger partial charge is 0.169 e. The van der Waals surface area contributed by atoms with Gasteiger partial charge in [0.15, 0.2) is 22.4 Å². The van der Waals surface area contributed by atoms with E-state index in [1.165, 1.54) is 6.33 Å². The van der Waals surface area contributed by atoms with Gasteiger partial charge >= 0.3 is 0 Å². The first-order chi connectivity index (χ1) is 9.20. The third-order valence-electron chi connectivity index (χ3n) is 2.88. The number of rotatable bonds is 3. The van der Waals surface area contributed by atoms with Gasteiger partial charge in [-0.15, -0.1) is 5.10 Å². The van der Waals surface area contributed by atoms with Crippen LogP contribution in [0.15, 0.2) is 6.33 Å². The summed E-state index contributed by atoms with van der Waals surface area (Å²) in [4.78, 5) is 8.59. The van der Waals surface area contributed by atoms with E-state index in [4.69, 9.17) is 9.84 Å². The van der Waals surface area contributed by atoms with Crippen molar-refractivity contribution < 1.29 is 20.1 Å². The van der Waals surface area contributed by atoms with E-state index in [-0.39, 0.29) is 6.61 Å². The molecule has 2 aromatic heterocycles. The molecule has 2 aromatic rings. The molecule has 4 N–H and O–H groups in total. The second-order valence-electron chi connectivity index (χ2n) is 4.05. The average Bonchev–Trinajstić information content (AvgIpc) is 2.99. The fourth-order valence-electron chi connectivity index (χ4n) is 1.88. The molecule has 1 aliphatic rings. The number of fused-ring (bicyclic) bond motifs is 1. The molecule has 0 unspecified atom stereocenters. The number of aromatic nitrogens is 4.